The minimum absolute atomic E-state index is 0.0296. The summed E-state index contributed by atoms with van der Waals surface area (Å²) >= 11 is 0. The van der Waals surface area contributed by atoms with Gasteiger partial charge in [0, 0.05) is 26.2 Å². The molecule has 0 fully saturated rings. The van der Waals surface area contributed by atoms with E-state index in [1.807, 2.05) is 13.0 Å². The third-order valence-corrected chi connectivity index (χ3v) is 3.31. The van der Waals surface area contributed by atoms with Gasteiger partial charge < -0.3 is 20.1 Å². The molecule has 0 saturated carbocycles. The van der Waals surface area contributed by atoms with Crippen molar-refractivity contribution in [3.05, 3.63) is 11.6 Å². The van der Waals surface area contributed by atoms with Gasteiger partial charge >= 0.3 is 12.0 Å². The number of carboxylic acids is 1. The van der Waals surface area contributed by atoms with Gasteiger partial charge in [0.05, 0.1) is 13.0 Å². The van der Waals surface area contributed by atoms with Crippen molar-refractivity contribution >= 4 is 12.0 Å². The molecule has 6 nitrogen and oxygen atoms in total. The fourth-order valence-electron chi connectivity index (χ4n) is 2.26. The topological polar surface area (TPSA) is 78.9 Å². The number of methoxy groups -OCH3 is 1. The number of carbonyl (C=O) groups excluding carboxylic acids is 1. The second-order valence-electron chi connectivity index (χ2n) is 5.02. The molecule has 0 bridgehead atoms. The van der Waals surface area contributed by atoms with Gasteiger partial charge in [-0.2, -0.15) is 0 Å². The molecule has 1 atom stereocenters. The number of rotatable bonds is 7. The summed E-state index contributed by atoms with van der Waals surface area (Å²) in [5, 5.41) is 11.7. The third-order valence-electron chi connectivity index (χ3n) is 3.31. The van der Waals surface area contributed by atoms with Crippen LogP contribution in [-0.4, -0.2) is 54.9 Å². The minimum atomic E-state index is -0.885. The molecule has 2 amide bonds. The molecule has 114 valence electrons. The summed E-state index contributed by atoms with van der Waals surface area (Å²) < 4.78 is 5.06. The lowest BCUT2D eigenvalue weighted by molar-refractivity contribution is -0.137. The number of carboxylic acid groups (broad SMARTS) is 1. The maximum absolute atomic E-state index is 12.1. The highest BCUT2D eigenvalue weighted by atomic mass is 16.5. The van der Waals surface area contributed by atoms with Crippen molar-refractivity contribution in [2.75, 3.05) is 26.8 Å². The second-order valence-corrected chi connectivity index (χ2v) is 5.02. The molecule has 0 aromatic heterocycles. The van der Waals surface area contributed by atoms with Crippen LogP contribution in [0.4, 0.5) is 4.79 Å². The number of hydrogen-bond acceptors (Lipinski definition) is 3. The van der Waals surface area contributed by atoms with E-state index in [1.54, 1.807) is 12.0 Å². The molecule has 6 heteroatoms. The number of hydrogen-bond donors (Lipinski definition) is 2. The van der Waals surface area contributed by atoms with Gasteiger partial charge in [-0.25, -0.2) is 4.79 Å². The fourth-order valence-corrected chi connectivity index (χ4v) is 2.26. The van der Waals surface area contributed by atoms with Crippen molar-refractivity contribution in [2.45, 2.75) is 38.6 Å². The Hall–Kier alpha value is -1.56. The number of ether oxygens (including phenoxy) is 1. The number of carbonyl (C=O) groups is 2. The van der Waals surface area contributed by atoms with Crippen LogP contribution in [0.2, 0.25) is 0 Å². The zero-order valence-corrected chi connectivity index (χ0v) is 12.2. The van der Waals surface area contributed by atoms with Gasteiger partial charge in [-0.3, -0.25) is 4.79 Å². The molecule has 0 aromatic carbocycles. The van der Waals surface area contributed by atoms with Crippen molar-refractivity contribution < 1.29 is 19.4 Å². The molecule has 1 aliphatic rings. The molecule has 0 aromatic rings. The van der Waals surface area contributed by atoms with Crippen LogP contribution in [-0.2, 0) is 9.53 Å². The van der Waals surface area contributed by atoms with E-state index in [1.165, 1.54) is 5.57 Å². The van der Waals surface area contributed by atoms with Gasteiger partial charge in [-0.05, 0) is 18.4 Å². The monoisotopic (exact) mass is 284 g/mol. The fraction of sp³-hybridized carbons (Fsp3) is 0.714. The first-order valence-corrected chi connectivity index (χ1v) is 7.00. The van der Waals surface area contributed by atoms with Crippen LogP contribution >= 0.6 is 0 Å². The van der Waals surface area contributed by atoms with E-state index in [-0.39, 0.29) is 18.5 Å². The SMILES string of the molecule is CCCC(CC(=O)O)NC(=O)N1CC=C(COC)CC1. The van der Waals surface area contributed by atoms with Gasteiger partial charge in [0.25, 0.3) is 0 Å². The van der Waals surface area contributed by atoms with E-state index < -0.39 is 5.97 Å². The third kappa shape index (κ3) is 5.61. The largest absolute Gasteiger partial charge is 0.481 e. The maximum Gasteiger partial charge on any atom is 0.317 e. The van der Waals surface area contributed by atoms with Gasteiger partial charge in [-0.15, -0.1) is 0 Å². The standard InChI is InChI=1S/C14H24N2O4/c1-3-4-12(9-13(17)18)15-14(19)16-7-5-11(6-8-16)10-20-2/h5,12H,3-4,6-10H2,1-2H3,(H,15,19)(H,17,18). The second kappa shape index (κ2) is 8.58. The van der Waals surface area contributed by atoms with Gasteiger partial charge in [0.1, 0.15) is 0 Å². The summed E-state index contributed by atoms with van der Waals surface area (Å²) in [5.41, 5.74) is 1.20. The van der Waals surface area contributed by atoms with E-state index in [9.17, 15) is 9.59 Å². The molecular formula is C14H24N2O4. The molecule has 1 unspecified atom stereocenters. The van der Waals surface area contributed by atoms with Crippen LogP contribution in [0.15, 0.2) is 11.6 Å². The average molecular weight is 284 g/mol. The zero-order chi connectivity index (χ0) is 15.0. The first kappa shape index (κ1) is 16.5. The van der Waals surface area contributed by atoms with Crippen LogP contribution in [0.5, 0.6) is 0 Å². The lowest BCUT2D eigenvalue weighted by atomic mass is 10.1. The Morgan fingerprint density at radius 2 is 2.30 bits per heavy atom. The number of nitrogens with one attached hydrogen (secondary N) is 1. The highest BCUT2D eigenvalue weighted by Crippen LogP contribution is 2.12. The molecule has 1 heterocycles. The van der Waals surface area contributed by atoms with E-state index in [0.717, 1.165) is 12.8 Å². The minimum Gasteiger partial charge on any atom is -0.481 e. The molecule has 20 heavy (non-hydrogen) atoms. The van der Waals surface area contributed by atoms with E-state index in [2.05, 4.69) is 5.32 Å². The van der Waals surface area contributed by atoms with Crippen LogP contribution in [0.1, 0.15) is 32.6 Å². The molecular weight excluding hydrogens is 260 g/mol. The lowest BCUT2D eigenvalue weighted by Crippen LogP contribution is -2.47. The van der Waals surface area contributed by atoms with Gasteiger partial charge in [-0.1, -0.05) is 19.4 Å². The van der Waals surface area contributed by atoms with Crippen molar-refractivity contribution in [3.63, 3.8) is 0 Å². The lowest BCUT2D eigenvalue weighted by Gasteiger charge is -2.28. The van der Waals surface area contributed by atoms with E-state index in [4.69, 9.17) is 9.84 Å². The Labute approximate surface area is 119 Å². The molecule has 1 aliphatic heterocycles. The Balaban J connectivity index is 2.47. The number of aliphatic carboxylic acids is 1. The summed E-state index contributed by atoms with van der Waals surface area (Å²) in [5.74, 6) is -0.885. The Morgan fingerprint density at radius 3 is 2.80 bits per heavy atom. The molecule has 0 spiro atoms. The number of amides is 2. The summed E-state index contributed by atoms with van der Waals surface area (Å²) in [7, 11) is 1.65. The van der Waals surface area contributed by atoms with Gasteiger partial charge in [0.2, 0.25) is 0 Å². The molecule has 0 aliphatic carbocycles. The van der Waals surface area contributed by atoms with Crippen LogP contribution in [0.25, 0.3) is 0 Å². The highest BCUT2D eigenvalue weighted by molar-refractivity contribution is 5.76. The summed E-state index contributed by atoms with van der Waals surface area (Å²) in [6.07, 6.45) is 4.29. The molecule has 1 rings (SSSR count). The summed E-state index contributed by atoms with van der Waals surface area (Å²) in [6, 6.07) is -0.480. The molecule has 0 radical (unpaired) electrons. The van der Waals surface area contributed by atoms with E-state index in [0.29, 0.717) is 26.1 Å². The number of urea groups is 1. The Bertz CT molecular complexity index is 368. The smallest absolute Gasteiger partial charge is 0.317 e. The quantitative estimate of drug-likeness (QED) is 0.696. The van der Waals surface area contributed by atoms with E-state index >= 15 is 0 Å². The van der Waals surface area contributed by atoms with Gasteiger partial charge in [0.15, 0.2) is 0 Å². The first-order valence-electron chi connectivity index (χ1n) is 7.00. The predicted molar refractivity (Wildman–Crippen MR) is 75.6 cm³/mol. The zero-order valence-electron chi connectivity index (χ0n) is 12.2. The van der Waals surface area contributed by atoms with Crippen LogP contribution in [0, 0.1) is 0 Å². The highest BCUT2D eigenvalue weighted by Gasteiger charge is 2.21. The van der Waals surface area contributed by atoms with Crippen molar-refractivity contribution in [3.8, 4) is 0 Å². The normalized spacial score (nSPS) is 16.5. The van der Waals surface area contributed by atoms with Crippen LogP contribution < -0.4 is 5.32 Å². The Morgan fingerprint density at radius 1 is 1.55 bits per heavy atom. The van der Waals surface area contributed by atoms with Crippen molar-refractivity contribution in [1.29, 1.82) is 0 Å². The molecule has 0 saturated heterocycles. The first-order chi connectivity index (χ1) is 9.56. The number of nitrogens with zero attached hydrogens (tertiary/aromatic N) is 1. The summed E-state index contributed by atoms with van der Waals surface area (Å²) in [6.45, 7) is 3.78. The molecule has 2 N–H and O–H groups in total. The Kier molecular flexibility index (Phi) is 7.08. The van der Waals surface area contributed by atoms with Crippen LogP contribution in [0.3, 0.4) is 0 Å². The summed E-state index contributed by atoms with van der Waals surface area (Å²) in [4.78, 5) is 24.6. The predicted octanol–water partition coefficient (Wildman–Crippen LogP) is 1.62. The van der Waals surface area contributed by atoms with Crippen molar-refractivity contribution in [2.24, 2.45) is 0 Å². The maximum atomic E-state index is 12.1. The average Bonchev–Trinajstić information content (AvgIpc) is 2.39. The van der Waals surface area contributed by atoms with Crippen molar-refractivity contribution in [1.82, 2.24) is 10.2 Å².